The first-order chi connectivity index (χ1) is 12.6. The van der Waals surface area contributed by atoms with E-state index in [1.54, 1.807) is 24.3 Å². The number of aromatic carboxylic acids is 1. The van der Waals surface area contributed by atoms with Gasteiger partial charge in [-0.25, -0.2) is 4.79 Å². The largest absolute Gasteiger partial charge is 0.478 e. The maximum Gasteiger partial charge on any atom is 0.335 e. The fourth-order valence-electron chi connectivity index (χ4n) is 3.11. The normalized spacial score (nSPS) is 17.3. The number of hydrogen-bond acceptors (Lipinski definition) is 4. The van der Waals surface area contributed by atoms with Gasteiger partial charge in [-0.15, -0.1) is 0 Å². The Kier molecular flexibility index (Phi) is 5.73. The van der Waals surface area contributed by atoms with Gasteiger partial charge in [0.05, 0.1) is 18.8 Å². The van der Waals surface area contributed by atoms with Crippen molar-refractivity contribution in [3.05, 3.63) is 59.0 Å². The molecule has 6 nitrogen and oxygen atoms in total. The third-order valence-electron chi connectivity index (χ3n) is 4.64. The van der Waals surface area contributed by atoms with Gasteiger partial charge in [0, 0.05) is 19.4 Å². The Labute approximate surface area is 152 Å². The van der Waals surface area contributed by atoms with Crippen LogP contribution >= 0.6 is 0 Å². The van der Waals surface area contributed by atoms with E-state index in [1.165, 1.54) is 0 Å². The Morgan fingerprint density at radius 1 is 1.19 bits per heavy atom. The molecule has 26 heavy (non-hydrogen) atoms. The monoisotopic (exact) mass is 357 g/mol. The maximum absolute atomic E-state index is 12.7. The van der Waals surface area contributed by atoms with Crippen LogP contribution in [-0.2, 0) is 22.4 Å². The van der Waals surface area contributed by atoms with Gasteiger partial charge >= 0.3 is 5.97 Å². The number of hydrogen-bond donors (Lipinski definition) is 1. The van der Waals surface area contributed by atoms with Gasteiger partial charge in [-0.05, 0) is 36.2 Å². The van der Waals surface area contributed by atoms with Gasteiger partial charge in [-0.3, -0.25) is 4.79 Å². The van der Waals surface area contributed by atoms with Crippen LogP contribution in [0.25, 0.3) is 0 Å². The lowest BCUT2D eigenvalue weighted by molar-refractivity contribution is -0.141. The van der Waals surface area contributed by atoms with Gasteiger partial charge in [-0.1, -0.05) is 19.1 Å². The number of benzene rings is 1. The summed E-state index contributed by atoms with van der Waals surface area (Å²) in [6, 6.07) is 10.3. The average molecular weight is 357 g/mol. The Morgan fingerprint density at radius 3 is 2.62 bits per heavy atom. The minimum absolute atomic E-state index is 0.0510. The van der Waals surface area contributed by atoms with Crippen LogP contribution in [0.5, 0.6) is 0 Å². The number of carbonyl (C=O) groups excluding carboxylic acids is 1. The summed E-state index contributed by atoms with van der Waals surface area (Å²) in [6.07, 6.45) is 1.75. The molecule has 2 heterocycles. The van der Waals surface area contributed by atoms with E-state index in [2.05, 4.69) is 0 Å². The predicted octanol–water partition coefficient (Wildman–Crippen LogP) is 3.07. The average Bonchev–Trinajstić information content (AvgIpc) is 3.15. The Hall–Kier alpha value is -2.60. The van der Waals surface area contributed by atoms with Crippen molar-refractivity contribution in [3.63, 3.8) is 0 Å². The zero-order valence-corrected chi connectivity index (χ0v) is 14.8. The standard InChI is InChI=1S/C20H23NO5/c1-2-16-8-9-18(26-16)17-13-25-12-11-21(17)19(22)10-5-14-3-6-15(7-4-14)20(23)24/h3-4,6-9,17H,2,5,10-13H2,1H3,(H,23,24). The van der Waals surface area contributed by atoms with Crippen molar-refractivity contribution >= 4 is 11.9 Å². The van der Waals surface area contributed by atoms with Gasteiger partial charge in [0.2, 0.25) is 5.91 Å². The SMILES string of the molecule is CCc1ccc(C2COCCN2C(=O)CCc2ccc(C(=O)O)cc2)o1. The Morgan fingerprint density at radius 2 is 1.96 bits per heavy atom. The summed E-state index contributed by atoms with van der Waals surface area (Å²) < 4.78 is 11.4. The van der Waals surface area contributed by atoms with Crippen molar-refractivity contribution in [2.24, 2.45) is 0 Å². The van der Waals surface area contributed by atoms with E-state index < -0.39 is 5.97 Å². The maximum atomic E-state index is 12.7. The molecule has 1 aliphatic rings. The molecule has 1 saturated heterocycles. The number of ether oxygens (including phenoxy) is 1. The summed E-state index contributed by atoms with van der Waals surface area (Å²) in [5, 5.41) is 8.94. The number of carboxylic acids is 1. The molecular formula is C20H23NO5. The van der Waals surface area contributed by atoms with Crippen molar-refractivity contribution in [3.8, 4) is 0 Å². The molecule has 1 amide bonds. The van der Waals surface area contributed by atoms with E-state index in [4.69, 9.17) is 14.3 Å². The number of morpholine rings is 1. The summed E-state index contributed by atoms with van der Waals surface area (Å²) in [4.78, 5) is 25.5. The van der Waals surface area contributed by atoms with Gasteiger partial charge < -0.3 is 19.2 Å². The minimum atomic E-state index is -0.950. The molecule has 1 unspecified atom stereocenters. The van der Waals surface area contributed by atoms with Crippen LogP contribution in [-0.4, -0.2) is 41.6 Å². The second-order valence-corrected chi connectivity index (χ2v) is 6.34. The molecule has 1 aromatic carbocycles. The van der Waals surface area contributed by atoms with E-state index >= 15 is 0 Å². The van der Waals surface area contributed by atoms with E-state index in [9.17, 15) is 9.59 Å². The van der Waals surface area contributed by atoms with E-state index in [0.29, 0.717) is 32.6 Å². The quantitative estimate of drug-likeness (QED) is 0.859. The molecule has 0 saturated carbocycles. The van der Waals surface area contributed by atoms with Crippen molar-refractivity contribution in [2.75, 3.05) is 19.8 Å². The molecule has 1 aliphatic heterocycles. The number of nitrogens with zero attached hydrogens (tertiary/aromatic N) is 1. The van der Waals surface area contributed by atoms with Crippen LogP contribution in [0.1, 0.15) is 46.8 Å². The molecule has 1 aromatic heterocycles. The van der Waals surface area contributed by atoms with Crippen LogP contribution in [0.15, 0.2) is 40.8 Å². The molecular weight excluding hydrogens is 334 g/mol. The van der Waals surface area contributed by atoms with E-state index in [-0.39, 0.29) is 17.5 Å². The van der Waals surface area contributed by atoms with Crippen LogP contribution in [0.2, 0.25) is 0 Å². The second-order valence-electron chi connectivity index (χ2n) is 6.34. The molecule has 0 radical (unpaired) electrons. The zero-order chi connectivity index (χ0) is 18.5. The van der Waals surface area contributed by atoms with Crippen molar-refractivity contribution in [1.29, 1.82) is 0 Å². The minimum Gasteiger partial charge on any atom is -0.478 e. The van der Waals surface area contributed by atoms with Gasteiger partial charge in [0.15, 0.2) is 0 Å². The zero-order valence-electron chi connectivity index (χ0n) is 14.8. The van der Waals surface area contributed by atoms with Crippen LogP contribution in [0.3, 0.4) is 0 Å². The fraction of sp³-hybridized carbons (Fsp3) is 0.400. The highest BCUT2D eigenvalue weighted by Gasteiger charge is 2.30. The lowest BCUT2D eigenvalue weighted by atomic mass is 10.1. The smallest absolute Gasteiger partial charge is 0.335 e. The second kappa shape index (κ2) is 8.19. The summed E-state index contributed by atoms with van der Waals surface area (Å²) in [5.74, 6) is 0.765. The molecule has 3 rings (SSSR count). The number of carboxylic acid groups (broad SMARTS) is 1. The summed E-state index contributed by atoms with van der Waals surface area (Å²) in [7, 11) is 0. The number of rotatable bonds is 6. The Bertz CT molecular complexity index is 765. The highest BCUT2D eigenvalue weighted by atomic mass is 16.5. The van der Waals surface area contributed by atoms with Gasteiger partial charge in [-0.2, -0.15) is 0 Å². The number of furan rings is 1. The third-order valence-corrected chi connectivity index (χ3v) is 4.64. The molecule has 0 aliphatic carbocycles. The predicted molar refractivity (Wildman–Crippen MR) is 95.1 cm³/mol. The lowest BCUT2D eigenvalue weighted by Gasteiger charge is -2.34. The number of carbonyl (C=O) groups is 2. The molecule has 1 atom stereocenters. The van der Waals surface area contributed by atoms with Crippen molar-refractivity contribution in [2.45, 2.75) is 32.2 Å². The first-order valence-corrected chi connectivity index (χ1v) is 8.86. The first kappa shape index (κ1) is 18.2. The third kappa shape index (κ3) is 4.14. The highest BCUT2D eigenvalue weighted by molar-refractivity contribution is 5.87. The number of amides is 1. The molecule has 1 fully saturated rings. The molecule has 2 aromatic rings. The van der Waals surface area contributed by atoms with E-state index in [1.807, 2.05) is 24.0 Å². The molecule has 0 spiro atoms. The van der Waals surface area contributed by atoms with E-state index in [0.717, 1.165) is 23.5 Å². The molecule has 0 bridgehead atoms. The highest BCUT2D eigenvalue weighted by Crippen LogP contribution is 2.27. The first-order valence-electron chi connectivity index (χ1n) is 8.86. The number of aryl methyl sites for hydroxylation is 2. The van der Waals surface area contributed by atoms with Crippen molar-refractivity contribution < 1.29 is 23.8 Å². The van der Waals surface area contributed by atoms with Gasteiger partial charge in [0.1, 0.15) is 17.6 Å². The fourth-order valence-corrected chi connectivity index (χ4v) is 3.11. The Balaban J connectivity index is 1.63. The summed E-state index contributed by atoms with van der Waals surface area (Å²) in [6.45, 7) is 3.54. The summed E-state index contributed by atoms with van der Waals surface area (Å²) >= 11 is 0. The molecule has 1 N–H and O–H groups in total. The van der Waals surface area contributed by atoms with Crippen LogP contribution in [0, 0.1) is 0 Å². The van der Waals surface area contributed by atoms with Crippen molar-refractivity contribution in [1.82, 2.24) is 4.90 Å². The molecule has 138 valence electrons. The van der Waals surface area contributed by atoms with Gasteiger partial charge in [0.25, 0.3) is 0 Å². The molecule has 6 heteroatoms. The lowest BCUT2D eigenvalue weighted by Crippen LogP contribution is -2.43. The van der Waals surface area contributed by atoms with Crippen LogP contribution in [0.4, 0.5) is 0 Å². The van der Waals surface area contributed by atoms with Crippen LogP contribution < -0.4 is 0 Å². The topological polar surface area (TPSA) is 80.0 Å². The summed E-state index contributed by atoms with van der Waals surface area (Å²) in [5.41, 5.74) is 1.19.